The number of methoxy groups -OCH3 is 1. The Balaban J connectivity index is 1.60. The molecule has 1 fully saturated rings. The smallest absolute Gasteiger partial charge is 0.258 e. The van der Waals surface area contributed by atoms with Gasteiger partial charge in [0.05, 0.1) is 18.2 Å². The number of hydrogen-bond donors (Lipinski definition) is 1. The molecule has 27 heavy (non-hydrogen) atoms. The molecule has 1 saturated heterocycles. The molecule has 5 nitrogen and oxygen atoms in total. The minimum Gasteiger partial charge on any atom is -0.497 e. The third-order valence-corrected chi connectivity index (χ3v) is 5.06. The van der Waals surface area contributed by atoms with Crippen molar-refractivity contribution in [2.45, 2.75) is 18.9 Å². The average molecular weight is 389 g/mol. The van der Waals surface area contributed by atoms with Crippen molar-refractivity contribution in [3.8, 4) is 11.5 Å². The first kappa shape index (κ1) is 19.5. The number of likely N-dealkylation sites (tertiary alicyclic amines) is 1. The van der Waals surface area contributed by atoms with E-state index in [0.29, 0.717) is 17.3 Å². The monoisotopic (exact) mass is 388 g/mol. The van der Waals surface area contributed by atoms with Crippen LogP contribution in [0.15, 0.2) is 48.5 Å². The SMILES string of the molecule is COc1cccc(C(CNC(=O)COc2ccccc2Cl)N2CCCC2)c1. The molecule has 0 aromatic heterocycles. The van der Waals surface area contributed by atoms with Crippen molar-refractivity contribution >= 4 is 17.5 Å². The third kappa shape index (κ3) is 5.37. The summed E-state index contributed by atoms with van der Waals surface area (Å²) in [4.78, 5) is 14.7. The molecule has 1 aliphatic rings. The zero-order chi connectivity index (χ0) is 19.1. The van der Waals surface area contributed by atoms with Crippen molar-refractivity contribution in [3.63, 3.8) is 0 Å². The molecule has 2 aromatic rings. The van der Waals surface area contributed by atoms with Crippen molar-refractivity contribution in [2.75, 3.05) is 33.4 Å². The molecular formula is C21H25ClN2O3. The van der Waals surface area contributed by atoms with E-state index in [1.54, 1.807) is 19.2 Å². The van der Waals surface area contributed by atoms with E-state index >= 15 is 0 Å². The fourth-order valence-electron chi connectivity index (χ4n) is 3.33. The number of nitrogens with one attached hydrogen (secondary N) is 1. The van der Waals surface area contributed by atoms with E-state index in [9.17, 15) is 4.79 Å². The first-order valence-corrected chi connectivity index (χ1v) is 9.57. The molecule has 0 radical (unpaired) electrons. The molecular weight excluding hydrogens is 364 g/mol. The average Bonchev–Trinajstić information content (AvgIpc) is 3.22. The Bertz CT molecular complexity index is 763. The van der Waals surface area contributed by atoms with E-state index in [2.05, 4.69) is 16.3 Å². The summed E-state index contributed by atoms with van der Waals surface area (Å²) in [5, 5.41) is 3.49. The van der Waals surface area contributed by atoms with Crippen LogP contribution in [-0.2, 0) is 4.79 Å². The number of hydrogen-bond acceptors (Lipinski definition) is 4. The van der Waals surface area contributed by atoms with Crippen LogP contribution in [0.3, 0.4) is 0 Å². The maximum Gasteiger partial charge on any atom is 0.258 e. The lowest BCUT2D eigenvalue weighted by atomic mass is 10.0. The molecule has 0 spiro atoms. The van der Waals surface area contributed by atoms with Crippen molar-refractivity contribution < 1.29 is 14.3 Å². The molecule has 1 aliphatic heterocycles. The van der Waals surface area contributed by atoms with Crippen LogP contribution < -0.4 is 14.8 Å². The summed E-state index contributed by atoms with van der Waals surface area (Å²) in [6.07, 6.45) is 2.37. The van der Waals surface area contributed by atoms with Gasteiger partial charge in [0.25, 0.3) is 5.91 Å². The summed E-state index contributed by atoms with van der Waals surface area (Å²) in [5.41, 5.74) is 1.14. The summed E-state index contributed by atoms with van der Waals surface area (Å²) >= 11 is 6.05. The number of carbonyl (C=O) groups is 1. The number of halogens is 1. The highest BCUT2D eigenvalue weighted by Gasteiger charge is 2.24. The third-order valence-electron chi connectivity index (χ3n) is 4.75. The van der Waals surface area contributed by atoms with Crippen LogP contribution in [0.2, 0.25) is 5.02 Å². The highest BCUT2D eigenvalue weighted by atomic mass is 35.5. The van der Waals surface area contributed by atoms with Gasteiger partial charge in [0.2, 0.25) is 0 Å². The molecule has 0 bridgehead atoms. The van der Waals surface area contributed by atoms with Gasteiger partial charge in [0.15, 0.2) is 6.61 Å². The van der Waals surface area contributed by atoms with Gasteiger partial charge in [-0.05, 0) is 55.8 Å². The lowest BCUT2D eigenvalue weighted by Gasteiger charge is -2.28. The second-order valence-corrected chi connectivity index (χ2v) is 6.97. The number of amides is 1. The Morgan fingerprint density at radius 3 is 2.70 bits per heavy atom. The van der Waals surface area contributed by atoms with E-state index in [-0.39, 0.29) is 18.6 Å². The molecule has 2 aromatic carbocycles. The van der Waals surface area contributed by atoms with Crippen molar-refractivity contribution in [1.29, 1.82) is 0 Å². The second-order valence-electron chi connectivity index (χ2n) is 6.56. The second kappa shape index (κ2) is 9.62. The Hall–Kier alpha value is -2.24. The van der Waals surface area contributed by atoms with Gasteiger partial charge in [-0.25, -0.2) is 0 Å². The minimum atomic E-state index is -0.165. The van der Waals surface area contributed by atoms with E-state index in [0.717, 1.165) is 24.4 Å². The molecule has 6 heteroatoms. The number of ether oxygens (including phenoxy) is 2. The van der Waals surface area contributed by atoms with Crippen LogP contribution in [0.4, 0.5) is 0 Å². The van der Waals surface area contributed by atoms with Crippen LogP contribution in [0.25, 0.3) is 0 Å². The van der Waals surface area contributed by atoms with Crippen LogP contribution >= 0.6 is 11.6 Å². The standard InChI is InChI=1S/C21H25ClN2O3/c1-26-17-8-6-7-16(13-17)19(24-11-4-5-12-24)14-23-21(25)15-27-20-10-3-2-9-18(20)22/h2-3,6-10,13,19H,4-5,11-12,14-15H2,1H3,(H,23,25). The van der Waals surface area contributed by atoms with Gasteiger partial charge in [-0.15, -0.1) is 0 Å². The number of para-hydroxylation sites is 1. The molecule has 3 rings (SSSR count). The number of rotatable bonds is 8. The Kier molecular flexibility index (Phi) is 6.96. The summed E-state index contributed by atoms with van der Waals surface area (Å²) in [6.45, 7) is 2.54. The molecule has 1 amide bonds. The maximum atomic E-state index is 12.3. The first-order valence-electron chi connectivity index (χ1n) is 9.19. The van der Waals surface area contributed by atoms with Gasteiger partial charge < -0.3 is 14.8 Å². The molecule has 1 atom stereocenters. The normalized spacial score (nSPS) is 15.3. The molecule has 144 valence electrons. The Morgan fingerprint density at radius 2 is 1.96 bits per heavy atom. The molecule has 1 heterocycles. The fourth-order valence-corrected chi connectivity index (χ4v) is 3.52. The molecule has 0 saturated carbocycles. The van der Waals surface area contributed by atoms with Crippen LogP contribution in [0.1, 0.15) is 24.4 Å². The predicted molar refractivity (Wildman–Crippen MR) is 106 cm³/mol. The molecule has 0 aliphatic carbocycles. The number of carbonyl (C=O) groups excluding carboxylic acids is 1. The van der Waals surface area contributed by atoms with Crippen molar-refractivity contribution in [1.82, 2.24) is 10.2 Å². The van der Waals surface area contributed by atoms with E-state index in [1.807, 2.05) is 30.3 Å². The summed E-state index contributed by atoms with van der Waals surface area (Å²) < 4.78 is 10.9. The largest absolute Gasteiger partial charge is 0.497 e. The topological polar surface area (TPSA) is 50.8 Å². The Morgan fingerprint density at radius 1 is 1.19 bits per heavy atom. The van der Waals surface area contributed by atoms with Crippen LogP contribution in [-0.4, -0.2) is 44.2 Å². The highest BCUT2D eigenvalue weighted by molar-refractivity contribution is 6.32. The minimum absolute atomic E-state index is 0.0609. The van der Waals surface area contributed by atoms with Gasteiger partial charge in [0, 0.05) is 6.54 Å². The number of nitrogens with zero attached hydrogens (tertiary/aromatic N) is 1. The van der Waals surface area contributed by atoms with E-state index in [4.69, 9.17) is 21.1 Å². The summed E-state index contributed by atoms with van der Waals surface area (Å²) in [5.74, 6) is 1.17. The van der Waals surface area contributed by atoms with Crippen LogP contribution in [0.5, 0.6) is 11.5 Å². The summed E-state index contributed by atoms with van der Waals surface area (Å²) in [6, 6.07) is 15.3. The van der Waals surface area contributed by atoms with Gasteiger partial charge in [-0.2, -0.15) is 0 Å². The van der Waals surface area contributed by atoms with Gasteiger partial charge >= 0.3 is 0 Å². The van der Waals surface area contributed by atoms with Crippen LogP contribution in [0, 0.1) is 0 Å². The van der Waals surface area contributed by atoms with Crippen molar-refractivity contribution in [3.05, 3.63) is 59.1 Å². The first-order chi connectivity index (χ1) is 13.2. The molecule has 1 unspecified atom stereocenters. The predicted octanol–water partition coefficient (Wildman–Crippen LogP) is 3.68. The Labute approximate surface area is 165 Å². The highest BCUT2D eigenvalue weighted by Crippen LogP contribution is 2.27. The van der Waals surface area contributed by atoms with Gasteiger partial charge in [0.1, 0.15) is 11.5 Å². The lowest BCUT2D eigenvalue weighted by Crippen LogP contribution is -2.38. The van der Waals surface area contributed by atoms with E-state index in [1.165, 1.54) is 12.8 Å². The maximum absolute atomic E-state index is 12.3. The zero-order valence-electron chi connectivity index (χ0n) is 15.5. The van der Waals surface area contributed by atoms with Gasteiger partial charge in [-0.3, -0.25) is 9.69 Å². The zero-order valence-corrected chi connectivity index (χ0v) is 16.2. The quantitative estimate of drug-likeness (QED) is 0.749. The fraction of sp³-hybridized carbons (Fsp3) is 0.381. The number of benzene rings is 2. The molecule has 1 N–H and O–H groups in total. The van der Waals surface area contributed by atoms with Gasteiger partial charge in [-0.1, -0.05) is 35.9 Å². The van der Waals surface area contributed by atoms with Crippen molar-refractivity contribution in [2.24, 2.45) is 0 Å². The lowest BCUT2D eigenvalue weighted by molar-refractivity contribution is -0.123. The van der Waals surface area contributed by atoms with E-state index < -0.39 is 0 Å². The summed E-state index contributed by atoms with van der Waals surface area (Å²) in [7, 11) is 1.66.